The molecule has 2 heterocycles. The van der Waals surface area contributed by atoms with Crippen molar-refractivity contribution >= 4 is 0 Å². The molecule has 0 fully saturated rings. The molecule has 0 unspecified atom stereocenters. The largest absolute Gasteiger partial charge is 0.494 e. The highest BCUT2D eigenvalue weighted by Crippen LogP contribution is 2.34. The lowest BCUT2D eigenvalue weighted by molar-refractivity contribution is 0.171. The van der Waals surface area contributed by atoms with Gasteiger partial charge in [-0.1, -0.05) is 0 Å². The molecule has 5 nitrogen and oxygen atoms in total. The van der Waals surface area contributed by atoms with E-state index in [4.69, 9.17) is 19.5 Å². The van der Waals surface area contributed by atoms with E-state index >= 15 is 0 Å². The zero-order valence-electron chi connectivity index (χ0n) is 10.9. The van der Waals surface area contributed by atoms with E-state index in [1.54, 1.807) is 12.3 Å². The van der Waals surface area contributed by atoms with E-state index in [-0.39, 0.29) is 0 Å². The van der Waals surface area contributed by atoms with Crippen molar-refractivity contribution in [1.29, 1.82) is 5.26 Å². The molecule has 0 saturated carbocycles. The van der Waals surface area contributed by atoms with E-state index in [1.807, 2.05) is 18.2 Å². The van der Waals surface area contributed by atoms with Crippen LogP contribution in [0.25, 0.3) is 11.3 Å². The van der Waals surface area contributed by atoms with Crippen LogP contribution in [-0.2, 0) is 0 Å². The minimum Gasteiger partial charge on any atom is -0.494 e. The molecule has 20 heavy (non-hydrogen) atoms. The van der Waals surface area contributed by atoms with Gasteiger partial charge in [0.1, 0.15) is 19.3 Å². The number of nitrogens with zero attached hydrogens (tertiary/aromatic N) is 2. The van der Waals surface area contributed by atoms with Gasteiger partial charge in [-0.2, -0.15) is 5.26 Å². The van der Waals surface area contributed by atoms with Crippen LogP contribution in [-0.4, -0.2) is 25.3 Å². The summed E-state index contributed by atoms with van der Waals surface area (Å²) >= 11 is 0. The molecule has 1 aromatic heterocycles. The summed E-state index contributed by atoms with van der Waals surface area (Å²) in [6, 6.07) is 9.40. The molecule has 0 saturated heterocycles. The maximum atomic E-state index is 9.11. The van der Waals surface area contributed by atoms with Gasteiger partial charge in [-0.05, 0) is 24.3 Å². The number of pyridine rings is 1. The average molecular weight is 268 g/mol. The van der Waals surface area contributed by atoms with Crippen molar-refractivity contribution in [2.24, 2.45) is 0 Å². The number of fused-ring (bicyclic) bond motifs is 1. The number of rotatable bonds is 2. The highest BCUT2D eigenvalue weighted by atomic mass is 16.6. The Morgan fingerprint density at radius 3 is 2.75 bits per heavy atom. The summed E-state index contributed by atoms with van der Waals surface area (Å²) in [5, 5.41) is 9.11. The van der Waals surface area contributed by atoms with E-state index < -0.39 is 0 Å². The van der Waals surface area contributed by atoms with Crippen LogP contribution in [0.2, 0.25) is 0 Å². The van der Waals surface area contributed by atoms with E-state index in [2.05, 4.69) is 11.1 Å². The van der Waals surface area contributed by atoms with Crippen molar-refractivity contribution < 1.29 is 14.2 Å². The number of ether oxygens (including phenoxy) is 3. The second kappa shape index (κ2) is 5.10. The summed E-state index contributed by atoms with van der Waals surface area (Å²) in [6.45, 7) is 1.10. The molecule has 0 radical (unpaired) electrons. The molecule has 0 amide bonds. The normalized spacial score (nSPS) is 12.6. The van der Waals surface area contributed by atoms with E-state index in [0.29, 0.717) is 36.0 Å². The van der Waals surface area contributed by atoms with Crippen molar-refractivity contribution in [1.82, 2.24) is 4.98 Å². The van der Waals surface area contributed by atoms with Crippen LogP contribution in [0.3, 0.4) is 0 Å². The minimum absolute atomic E-state index is 0.451. The van der Waals surface area contributed by atoms with Crippen molar-refractivity contribution in [3.05, 3.63) is 36.0 Å². The number of benzene rings is 1. The molecule has 2 aromatic rings. The van der Waals surface area contributed by atoms with Gasteiger partial charge in [0.05, 0.1) is 24.6 Å². The van der Waals surface area contributed by atoms with Gasteiger partial charge in [0.2, 0.25) is 0 Å². The fraction of sp³-hybridized carbons (Fsp3) is 0.200. The first-order chi connectivity index (χ1) is 9.81. The van der Waals surface area contributed by atoms with E-state index in [0.717, 1.165) is 11.3 Å². The van der Waals surface area contributed by atoms with Crippen LogP contribution in [0.5, 0.6) is 17.2 Å². The van der Waals surface area contributed by atoms with Crippen molar-refractivity contribution in [2.45, 2.75) is 0 Å². The SMILES string of the molecule is COc1cnc(-c2ccc3c(c2)OCCO3)cc1C#N. The van der Waals surface area contributed by atoms with Crippen molar-refractivity contribution in [3.8, 4) is 34.6 Å². The first-order valence-electron chi connectivity index (χ1n) is 6.16. The predicted octanol–water partition coefficient (Wildman–Crippen LogP) is 2.40. The van der Waals surface area contributed by atoms with Gasteiger partial charge in [0, 0.05) is 5.56 Å². The maximum absolute atomic E-state index is 9.11. The number of aromatic nitrogens is 1. The van der Waals surface area contributed by atoms with Gasteiger partial charge < -0.3 is 14.2 Å². The van der Waals surface area contributed by atoms with Crippen LogP contribution in [0.4, 0.5) is 0 Å². The van der Waals surface area contributed by atoms with Gasteiger partial charge in [-0.3, -0.25) is 4.98 Å². The summed E-state index contributed by atoms with van der Waals surface area (Å²) < 4.78 is 16.1. The standard InChI is InChI=1S/C15H12N2O3/c1-18-15-9-17-12(6-11(15)8-16)10-2-3-13-14(7-10)20-5-4-19-13/h2-3,6-7,9H,4-5H2,1H3. The summed E-state index contributed by atoms with van der Waals surface area (Å²) in [5.41, 5.74) is 2.01. The van der Waals surface area contributed by atoms with Gasteiger partial charge >= 0.3 is 0 Å². The third-order valence-electron chi connectivity index (χ3n) is 3.05. The lowest BCUT2D eigenvalue weighted by Gasteiger charge is -2.18. The van der Waals surface area contributed by atoms with Crippen LogP contribution < -0.4 is 14.2 Å². The lowest BCUT2D eigenvalue weighted by atomic mass is 10.1. The van der Waals surface area contributed by atoms with Gasteiger partial charge in [0.15, 0.2) is 17.2 Å². The maximum Gasteiger partial charge on any atom is 0.162 e. The molecule has 0 atom stereocenters. The number of hydrogen-bond donors (Lipinski definition) is 0. The Labute approximate surface area is 116 Å². The average Bonchev–Trinajstić information content (AvgIpc) is 2.53. The fourth-order valence-corrected chi connectivity index (χ4v) is 2.05. The molecule has 0 aliphatic carbocycles. The Morgan fingerprint density at radius 1 is 1.20 bits per heavy atom. The first-order valence-corrected chi connectivity index (χ1v) is 6.16. The first kappa shape index (κ1) is 12.3. The summed E-state index contributed by atoms with van der Waals surface area (Å²) in [6.07, 6.45) is 1.55. The van der Waals surface area contributed by atoms with Crippen molar-refractivity contribution in [2.75, 3.05) is 20.3 Å². The molecule has 5 heteroatoms. The monoisotopic (exact) mass is 268 g/mol. The molecule has 0 bridgehead atoms. The summed E-state index contributed by atoms with van der Waals surface area (Å²) in [7, 11) is 1.52. The van der Waals surface area contributed by atoms with Crippen LogP contribution in [0.1, 0.15) is 5.56 Å². The zero-order valence-corrected chi connectivity index (χ0v) is 10.9. The Balaban J connectivity index is 2.03. The second-order valence-electron chi connectivity index (χ2n) is 4.24. The van der Waals surface area contributed by atoms with E-state index in [1.165, 1.54) is 7.11 Å². The lowest BCUT2D eigenvalue weighted by Crippen LogP contribution is -2.15. The molecule has 100 valence electrons. The quantitative estimate of drug-likeness (QED) is 0.836. The Bertz CT molecular complexity index is 692. The molecule has 3 rings (SSSR count). The topological polar surface area (TPSA) is 64.4 Å². The molecule has 1 aromatic carbocycles. The van der Waals surface area contributed by atoms with Crippen LogP contribution in [0.15, 0.2) is 30.5 Å². The highest BCUT2D eigenvalue weighted by molar-refractivity contribution is 5.66. The minimum atomic E-state index is 0.451. The molecule has 1 aliphatic rings. The number of methoxy groups -OCH3 is 1. The molecule has 0 spiro atoms. The van der Waals surface area contributed by atoms with Crippen molar-refractivity contribution in [3.63, 3.8) is 0 Å². The third-order valence-corrected chi connectivity index (χ3v) is 3.05. The highest BCUT2D eigenvalue weighted by Gasteiger charge is 2.14. The number of hydrogen-bond acceptors (Lipinski definition) is 5. The Morgan fingerprint density at radius 2 is 2.00 bits per heavy atom. The Kier molecular flexibility index (Phi) is 3.13. The van der Waals surface area contributed by atoms with Gasteiger partial charge in [-0.25, -0.2) is 0 Å². The Hall–Kier alpha value is -2.74. The van der Waals surface area contributed by atoms with Crippen LogP contribution in [0, 0.1) is 11.3 Å². The van der Waals surface area contributed by atoms with Crippen LogP contribution >= 0.6 is 0 Å². The van der Waals surface area contributed by atoms with E-state index in [9.17, 15) is 0 Å². The molecule has 0 N–H and O–H groups in total. The third kappa shape index (κ3) is 2.12. The second-order valence-corrected chi connectivity index (χ2v) is 4.24. The van der Waals surface area contributed by atoms with Gasteiger partial charge in [0.25, 0.3) is 0 Å². The zero-order chi connectivity index (χ0) is 13.9. The molecule has 1 aliphatic heterocycles. The summed E-state index contributed by atoms with van der Waals surface area (Å²) in [5.74, 6) is 1.90. The predicted molar refractivity (Wildman–Crippen MR) is 71.9 cm³/mol. The smallest absolute Gasteiger partial charge is 0.162 e. The molecular weight excluding hydrogens is 256 g/mol. The fourth-order valence-electron chi connectivity index (χ4n) is 2.05. The number of nitriles is 1. The van der Waals surface area contributed by atoms with Gasteiger partial charge in [-0.15, -0.1) is 0 Å². The summed E-state index contributed by atoms with van der Waals surface area (Å²) in [4.78, 5) is 4.30. The molecular formula is C15H12N2O3.